The van der Waals surface area contributed by atoms with Gasteiger partial charge >= 0.3 is 0 Å². The summed E-state index contributed by atoms with van der Waals surface area (Å²) in [7, 11) is 0. The predicted octanol–water partition coefficient (Wildman–Crippen LogP) is 1.95. The molecule has 1 heterocycles. The van der Waals surface area contributed by atoms with E-state index in [-0.39, 0.29) is 5.41 Å². The molecule has 2 rings (SSSR count). The normalized spacial score (nSPS) is 29.1. The van der Waals surface area contributed by atoms with Gasteiger partial charge in [-0.05, 0) is 31.6 Å². The van der Waals surface area contributed by atoms with Crippen molar-refractivity contribution in [3.63, 3.8) is 0 Å². The smallest absolute Gasteiger partial charge is 0.0506 e. The summed E-state index contributed by atoms with van der Waals surface area (Å²) in [4.78, 5) is 0. The van der Waals surface area contributed by atoms with Crippen LogP contribution in [-0.2, 0) is 4.74 Å². The molecule has 3 nitrogen and oxygen atoms in total. The van der Waals surface area contributed by atoms with Crippen LogP contribution in [0, 0.1) is 11.3 Å². The van der Waals surface area contributed by atoms with Crippen LogP contribution in [0.5, 0.6) is 0 Å². The average Bonchev–Trinajstić information content (AvgIpc) is 2.41. The SMILES string of the molecule is OCC1(CNCC2CCCOC2)CCCCC1. The third kappa shape index (κ3) is 3.94. The van der Waals surface area contributed by atoms with E-state index in [9.17, 15) is 5.11 Å². The lowest BCUT2D eigenvalue weighted by molar-refractivity contribution is 0.0479. The van der Waals surface area contributed by atoms with Crippen LogP contribution in [0.1, 0.15) is 44.9 Å². The fourth-order valence-electron chi connectivity index (χ4n) is 3.20. The van der Waals surface area contributed by atoms with Crippen molar-refractivity contribution in [1.29, 1.82) is 0 Å². The second-order valence-corrected chi connectivity index (χ2v) is 5.93. The molecule has 1 saturated heterocycles. The van der Waals surface area contributed by atoms with Gasteiger partial charge < -0.3 is 15.2 Å². The second-order valence-electron chi connectivity index (χ2n) is 5.93. The standard InChI is InChI=1S/C14H27NO2/c16-12-14(6-2-1-3-7-14)11-15-9-13-5-4-8-17-10-13/h13,15-16H,1-12H2. The number of aliphatic hydroxyl groups excluding tert-OH is 1. The molecule has 2 N–H and O–H groups in total. The van der Waals surface area contributed by atoms with Gasteiger partial charge in [0.2, 0.25) is 0 Å². The van der Waals surface area contributed by atoms with Gasteiger partial charge in [0.1, 0.15) is 0 Å². The molecule has 2 aliphatic rings. The number of rotatable bonds is 5. The van der Waals surface area contributed by atoms with Gasteiger partial charge in [0.15, 0.2) is 0 Å². The highest BCUT2D eigenvalue weighted by molar-refractivity contribution is 4.84. The van der Waals surface area contributed by atoms with Gasteiger partial charge in [0, 0.05) is 31.7 Å². The average molecular weight is 241 g/mol. The first-order chi connectivity index (χ1) is 8.35. The molecule has 1 aliphatic carbocycles. The quantitative estimate of drug-likeness (QED) is 0.773. The molecule has 3 heteroatoms. The van der Waals surface area contributed by atoms with Crippen molar-refractivity contribution >= 4 is 0 Å². The van der Waals surface area contributed by atoms with Crippen molar-refractivity contribution in [3.8, 4) is 0 Å². The first-order valence-electron chi connectivity index (χ1n) is 7.24. The molecule has 0 bridgehead atoms. The van der Waals surface area contributed by atoms with Crippen molar-refractivity contribution in [1.82, 2.24) is 5.32 Å². The third-order valence-electron chi connectivity index (χ3n) is 4.44. The van der Waals surface area contributed by atoms with Gasteiger partial charge in [-0.1, -0.05) is 19.3 Å². The maximum absolute atomic E-state index is 9.61. The van der Waals surface area contributed by atoms with Crippen molar-refractivity contribution < 1.29 is 9.84 Å². The minimum atomic E-state index is 0.174. The molecule has 1 aliphatic heterocycles. The maximum atomic E-state index is 9.61. The van der Waals surface area contributed by atoms with E-state index in [1.54, 1.807) is 0 Å². The number of hydrogen-bond acceptors (Lipinski definition) is 3. The molecule has 1 saturated carbocycles. The van der Waals surface area contributed by atoms with E-state index in [4.69, 9.17) is 4.74 Å². The Bertz CT molecular complexity index is 208. The molecule has 0 radical (unpaired) electrons. The number of aliphatic hydroxyl groups is 1. The van der Waals surface area contributed by atoms with Gasteiger partial charge in [0.05, 0.1) is 6.61 Å². The summed E-state index contributed by atoms with van der Waals surface area (Å²) in [6.45, 7) is 4.25. The van der Waals surface area contributed by atoms with E-state index in [0.29, 0.717) is 12.5 Å². The number of hydrogen-bond donors (Lipinski definition) is 2. The highest BCUT2D eigenvalue weighted by Gasteiger charge is 2.31. The zero-order valence-corrected chi connectivity index (χ0v) is 10.9. The molecule has 0 amide bonds. The van der Waals surface area contributed by atoms with Crippen molar-refractivity contribution in [3.05, 3.63) is 0 Å². The van der Waals surface area contributed by atoms with Crippen LogP contribution in [0.3, 0.4) is 0 Å². The zero-order valence-electron chi connectivity index (χ0n) is 10.9. The van der Waals surface area contributed by atoms with Gasteiger partial charge in [0.25, 0.3) is 0 Å². The highest BCUT2D eigenvalue weighted by Crippen LogP contribution is 2.35. The summed E-state index contributed by atoms with van der Waals surface area (Å²) in [6.07, 6.45) is 8.80. The fraction of sp³-hybridized carbons (Fsp3) is 1.00. The Morgan fingerprint density at radius 3 is 2.65 bits per heavy atom. The number of nitrogens with one attached hydrogen (secondary N) is 1. The Morgan fingerprint density at radius 2 is 2.00 bits per heavy atom. The largest absolute Gasteiger partial charge is 0.396 e. The molecule has 2 fully saturated rings. The van der Waals surface area contributed by atoms with E-state index in [2.05, 4.69) is 5.32 Å². The molecule has 0 aromatic rings. The first kappa shape index (κ1) is 13.3. The monoisotopic (exact) mass is 241 g/mol. The van der Waals surface area contributed by atoms with Crippen LogP contribution in [0.4, 0.5) is 0 Å². The summed E-state index contributed by atoms with van der Waals surface area (Å²) in [5, 5.41) is 13.2. The second kappa shape index (κ2) is 6.72. The van der Waals surface area contributed by atoms with Crippen LogP contribution in [0.2, 0.25) is 0 Å². The molecule has 17 heavy (non-hydrogen) atoms. The molecule has 100 valence electrons. The van der Waals surface area contributed by atoms with E-state index < -0.39 is 0 Å². The Balaban J connectivity index is 1.68. The molecule has 0 spiro atoms. The molecular weight excluding hydrogens is 214 g/mol. The van der Waals surface area contributed by atoms with E-state index in [1.807, 2.05) is 0 Å². The van der Waals surface area contributed by atoms with Gasteiger partial charge in [-0.25, -0.2) is 0 Å². The van der Waals surface area contributed by atoms with Gasteiger partial charge in [-0.2, -0.15) is 0 Å². The topological polar surface area (TPSA) is 41.5 Å². The van der Waals surface area contributed by atoms with E-state index >= 15 is 0 Å². The molecule has 1 unspecified atom stereocenters. The lowest BCUT2D eigenvalue weighted by atomic mass is 9.74. The Morgan fingerprint density at radius 1 is 1.18 bits per heavy atom. The summed E-state index contributed by atoms with van der Waals surface area (Å²) in [6, 6.07) is 0. The Hall–Kier alpha value is -0.120. The molecule has 0 aromatic heterocycles. The molecule has 1 atom stereocenters. The summed E-state index contributed by atoms with van der Waals surface area (Å²) >= 11 is 0. The first-order valence-corrected chi connectivity index (χ1v) is 7.24. The van der Waals surface area contributed by atoms with Crippen molar-refractivity contribution in [2.75, 3.05) is 32.9 Å². The molecular formula is C14H27NO2. The summed E-state index contributed by atoms with van der Waals surface area (Å²) in [5.41, 5.74) is 0.174. The molecule has 0 aromatic carbocycles. The van der Waals surface area contributed by atoms with Crippen LogP contribution in [0.15, 0.2) is 0 Å². The lowest BCUT2D eigenvalue weighted by Gasteiger charge is -2.36. The Kier molecular flexibility index (Phi) is 5.26. The van der Waals surface area contributed by atoms with Crippen LogP contribution in [0.25, 0.3) is 0 Å². The predicted molar refractivity (Wildman–Crippen MR) is 69.0 cm³/mol. The minimum Gasteiger partial charge on any atom is -0.396 e. The Labute approximate surface area is 105 Å². The van der Waals surface area contributed by atoms with Crippen LogP contribution >= 0.6 is 0 Å². The van der Waals surface area contributed by atoms with Gasteiger partial charge in [-0.15, -0.1) is 0 Å². The minimum absolute atomic E-state index is 0.174. The fourth-order valence-corrected chi connectivity index (χ4v) is 3.20. The zero-order chi connectivity index (χ0) is 12.0. The van der Waals surface area contributed by atoms with Crippen LogP contribution in [-0.4, -0.2) is 38.0 Å². The highest BCUT2D eigenvalue weighted by atomic mass is 16.5. The summed E-state index contributed by atoms with van der Waals surface area (Å²) in [5.74, 6) is 0.683. The van der Waals surface area contributed by atoms with Crippen LogP contribution < -0.4 is 5.32 Å². The lowest BCUT2D eigenvalue weighted by Crippen LogP contribution is -2.41. The van der Waals surface area contributed by atoms with Crippen molar-refractivity contribution in [2.45, 2.75) is 44.9 Å². The van der Waals surface area contributed by atoms with E-state index in [1.165, 1.54) is 44.9 Å². The van der Waals surface area contributed by atoms with Gasteiger partial charge in [-0.3, -0.25) is 0 Å². The number of ether oxygens (including phenoxy) is 1. The summed E-state index contributed by atoms with van der Waals surface area (Å²) < 4.78 is 5.49. The maximum Gasteiger partial charge on any atom is 0.0506 e. The van der Waals surface area contributed by atoms with E-state index in [0.717, 1.165) is 26.3 Å². The van der Waals surface area contributed by atoms with Crippen molar-refractivity contribution in [2.24, 2.45) is 11.3 Å². The third-order valence-corrected chi connectivity index (χ3v) is 4.44.